The average Bonchev–Trinajstić information content (AvgIpc) is 2.61. The molecule has 2 rings (SSSR count). The number of rotatable bonds is 3. The second-order valence-electron chi connectivity index (χ2n) is 5.11. The molecule has 1 saturated carbocycles. The summed E-state index contributed by atoms with van der Waals surface area (Å²) >= 11 is 0. The van der Waals surface area contributed by atoms with Gasteiger partial charge in [0.05, 0.1) is 0 Å². The first-order valence-corrected chi connectivity index (χ1v) is 5.46. The summed E-state index contributed by atoms with van der Waals surface area (Å²) in [4.78, 5) is 0. The van der Waals surface area contributed by atoms with Gasteiger partial charge in [0.1, 0.15) is 0 Å². The van der Waals surface area contributed by atoms with Crippen molar-refractivity contribution in [1.29, 1.82) is 0 Å². The van der Waals surface area contributed by atoms with Crippen LogP contribution < -0.4 is 5.32 Å². The highest BCUT2D eigenvalue weighted by atomic mass is 15.0. The van der Waals surface area contributed by atoms with E-state index in [9.17, 15) is 0 Å². The molecule has 1 N–H and O–H groups in total. The maximum Gasteiger partial charge on any atom is 0.0124 e. The molecule has 1 atom stereocenters. The molecule has 70 valence electrons. The molecule has 0 amide bonds. The van der Waals surface area contributed by atoms with Crippen LogP contribution >= 0.6 is 0 Å². The molecule has 0 aromatic rings. The zero-order valence-corrected chi connectivity index (χ0v) is 8.40. The van der Waals surface area contributed by atoms with Gasteiger partial charge in [-0.05, 0) is 50.0 Å². The van der Waals surface area contributed by atoms with Gasteiger partial charge in [-0.1, -0.05) is 13.8 Å². The SMILES string of the molecule is CC(C)CC1(C2CCCN2)CC1. The molecule has 1 nitrogen and oxygen atoms in total. The van der Waals surface area contributed by atoms with Crippen LogP contribution in [0.4, 0.5) is 0 Å². The van der Waals surface area contributed by atoms with Gasteiger partial charge < -0.3 is 5.32 Å². The van der Waals surface area contributed by atoms with Crippen LogP contribution in [0, 0.1) is 11.3 Å². The second kappa shape index (κ2) is 3.02. The first-order chi connectivity index (χ1) is 5.73. The third kappa shape index (κ3) is 1.52. The second-order valence-corrected chi connectivity index (χ2v) is 5.11. The van der Waals surface area contributed by atoms with E-state index in [-0.39, 0.29) is 0 Å². The fourth-order valence-corrected chi connectivity index (χ4v) is 2.88. The highest BCUT2D eigenvalue weighted by Gasteiger charge is 2.49. The lowest BCUT2D eigenvalue weighted by Gasteiger charge is -2.24. The molecule has 0 bridgehead atoms. The lowest BCUT2D eigenvalue weighted by Crippen LogP contribution is -2.32. The summed E-state index contributed by atoms with van der Waals surface area (Å²) in [7, 11) is 0. The van der Waals surface area contributed by atoms with E-state index in [1.807, 2.05) is 0 Å². The van der Waals surface area contributed by atoms with Crippen molar-refractivity contribution in [3.8, 4) is 0 Å². The van der Waals surface area contributed by atoms with E-state index < -0.39 is 0 Å². The third-order valence-corrected chi connectivity index (χ3v) is 3.51. The van der Waals surface area contributed by atoms with Crippen LogP contribution in [0.2, 0.25) is 0 Å². The van der Waals surface area contributed by atoms with Crippen molar-refractivity contribution in [2.75, 3.05) is 6.54 Å². The lowest BCUT2D eigenvalue weighted by atomic mass is 9.86. The minimum atomic E-state index is 0.741. The van der Waals surface area contributed by atoms with Crippen LogP contribution in [0.3, 0.4) is 0 Å². The van der Waals surface area contributed by atoms with Crippen LogP contribution in [0.1, 0.15) is 46.0 Å². The van der Waals surface area contributed by atoms with Gasteiger partial charge in [0.2, 0.25) is 0 Å². The molecule has 2 fully saturated rings. The molecule has 1 heterocycles. The highest BCUT2D eigenvalue weighted by Crippen LogP contribution is 2.55. The van der Waals surface area contributed by atoms with Gasteiger partial charge in [0.15, 0.2) is 0 Å². The minimum absolute atomic E-state index is 0.741. The Morgan fingerprint density at radius 3 is 2.58 bits per heavy atom. The summed E-state index contributed by atoms with van der Waals surface area (Å²) < 4.78 is 0. The van der Waals surface area contributed by atoms with Crippen molar-refractivity contribution >= 4 is 0 Å². The molecule has 0 aromatic carbocycles. The van der Waals surface area contributed by atoms with Gasteiger partial charge in [-0.25, -0.2) is 0 Å². The van der Waals surface area contributed by atoms with Gasteiger partial charge in [-0.15, -0.1) is 0 Å². The summed E-state index contributed by atoms with van der Waals surface area (Å²) in [5.74, 6) is 0.884. The topological polar surface area (TPSA) is 12.0 Å². The summed E-state index contributed by atoms with van der Waals surface area (Å²) in [6.45, 7) is 5.98. The maximum absolute atomic E-state index is 3.66. The summed E-state index contributed by atoms with van der Waals surface area (Å²) in [6.07, 6.45) is 7.27. The van der Waals surface area contributed by atoms with Crippen molar-refractivity contribution in [3.05, 3.63) is 0 Å². The standard InChI is InChI=1S/C11H21N/c1-9(2)8-11(5-6-11)10-4-3-7-12-10/h9-10,12H,3-8H2,1-2H3. The van der Waals surface area contributed by atoms with E-state index in [0.717, 1.165) is 17.4 Å². The molecule has 0 spiro atoms. The first-order valence-electron chi connectivity index (χ1n) is 5.46. The summed E-state index contributed by atoms with van der Waals surface area (Å²) in [5.41, 5.74) is 0.741. The molecular formula is C11H21N. The van der Waals surface area contributed by atoms with E-state index in [2.05, 4.69) is 19.2 Å². The molecule has 1 aliphatic heterocycles. The fourth-order valence-electron chi connectivity index (χ4n) is 2.88. The van der Waals surface area contributed by atoms with Crippen molar-refractivity contribution in [2.45, 2.75) is 52.0 Å². The minimum Gasteiger partial charge on any atom is -0.313 e. The van der Waals surface area contributed by atoms with E-state index in [1.54, 1.807) is 0 Å². The molecule has 1 aliphatic carbocycles. The van der Waals surface area contributed by atoms with Crippen molar-refractivity contribution in [1.82, 2.24) is 5.32 Å². The average molecular weight is 167 g/mol. The predicted molar refractivity (Wildman–Crippen MR) is 52.1 cm³/mol. The monoisotopic (exact) mass is 167 g/mol. The molecule has 1 unspecified atom stereocenters. The Bertz CT molecular complexity index is 152. The molecule has 12 heavy (non-hydrogen) atoms. The van der Waals surface area contributed by atoms with Crippen molar-refractivity contribution < 1.29 is 0 Å². The smallest absolute Gasteiger partial charge is 0.0124 e. The Kier molecular flexibility index (Phi) is 2.16. The fraction of sp³-hybridized carbons (Fsp3) is 1.00. The quantitative estimate of drug-likeness (QED) is 0.681. The maximum atomic E-state index is 3.66. The Morgan fingerprint density at radius 1 is 1.42 bits per heavy atom. The predicted octanol–water partition coefficient (Wildman–Crippen LogP) is 2.56. The van der Waals surface area contributed by atoms with E-state index >= 15 is 0 Å². The Balaban J connectivity index is 1.91. The lowest BCUT2D eigenvalue weighted by molar-refractivity contribution is 0.301. The largest absolute Gasteiger partial charge is 0.313 e. The van der Waals surface area contributed by atoms with E-state index in [0.29, 0.717) is 0 Å². The van der Waals surface area contributed by atoms with Gasteiger partial charge in [-0.2, -0.15) is 0 Å². The van der Waals surface area contributed by atoms with Crippen LogP contribution in [0.5, 0.6) is 0 Å². The summed E-state index contributed by atoms with van der Waals surface area (Å²) in [5, 5.41) is 3.66. The molecule has 2 aliphatic rings. The van der Waals surface area contributed by atoms with Gasteiger partial charge in [0, 0.05) is 6.04 Å². The Labute approximate surface area is 75.9 Å². The van der Waals surface area contributed by atoms with E-state index in [1.165, 1.54) is 38.6 Å². The van der Waals surface area contributed by atoms with Gasteiger partial charge in [-0.3, -0.25) is 0 Å². The first kappa shape index (κ1) is 8.55. The molecular weight excluding hydrogens is 146 g/mol. The van der Waals surface area contributed by atoms with Crippen molar-refractivity contribution in [2.24, 2.45) is 11.3 Å². The number of nitrogens with one attached hydrogen (secondary N) is 1. The zero-order chi connectivity index (χ0) is 8.60. The molecule has 0 radical (unpaired) electrons. The van der Waals surface area contributed by atoms with Crippen LogP contribution in [-0.4, -0.2) is 12.6 Å². The Morgan fingerprint density at radius 2 is 2.17 bits per heavy atom. The van der Waals surface area contributed by atoms with Crippen LogP contribution in [0.25, 0.3) is 0 Å². The molecule has 1 heteroatoms. The van der Waals surface area contributed by atoms with Gasteiger partial charge in [0.25, 0.3) is 0 Å². The zero-order valence-electron chi connectivity index (χ0n) is 8.40. The van der Waals surface area contributed by atoms with Crippen LogP contribution in [-0.2, 0) is 0 Å². The summed E-state index contributed by atoms with van der Waals surface area (Å²) in [6, 6.07) is 0.875. The third-order valence-electron chi connectivity index (χ3n) is 3.51. The van der Waals surface area contributed by atoms with Crippen molar-refractivity contribution in [3.63, 3.8) is 0 Å². The Hall–Kier alpha value is -0.0400. The van der Waals surface area contributed by atoms with Crippen LogP contribution in [0.15, 0.2) is 0 Å². The highest BCUT2D eigenvalue weighted by molar-refractivity contribution is 5.04. The number of hydrogen-bond acceptors (Lipinski definition) is 1. The normalized spacial score (nSPS) is 32.8. The van der Waals surface area contributed by atoms with E-state index in [4.69, 9.17) is 0 Å². The molecule has 0 aromatic heterocycles. The van der Waals surface area contributed by atoms with Gasteiger partial charge >= 0.3 is 0 Å². The number of hydrogen-bond donors (Lipinski definition) is 1. The molecule has 1 saturated heterocycles.